The molecule has 0 bridgehead atoms. The fourth-order valence-electron chi connectivity index (χ4n) is 2.73. The number of carbonyl (C=O) groups excluding carboxylic acids is 1. The largest absolute Gasteiger partial charge is 0.478 e. The molecule has 7 heteroatoms. The molecule has 1 N–H and O–H groups in total. The molecule has 0 spiro atoms. The van der Waals surface area contributed by atoms with Crippen LogP contribution < -0.4 is 4.74 Å². The van der Waals surface area contributed by atoms with Crippen LogP contribution in [0.5, 0.6) is 5.88 Å². The monoisotopic (exact) mass is 428 g/mol. The Bertz CT molecular complexity index is 861. The average molecular weight is 429 g/mol. The Morgan fingerprint density at radius 2 is 1.97 bits per heavy atom. The number of hydrogen-bond acceptors (Lipinski definition) is 5. The number of aromatic nitrogens is 1. The van der Waals surface area contributed by atoms with Gasteiger partial charge < -0.3 is 19.5 Å². The zero-order valence-corrected chi connectivity index (χ0v) is 18.9. The summed E-state index contributed by atoms with van der Waals surface area (Å²) >= 11 is 0. The maximum atomic E-state index is 12.7. The standard InChI is InChI=1S/C24H32N2O5/c1-17(2)13-14-26(23(29)31-24(3,4)5)16-18-7-6-8-20(11-9-18)30-21-12-10-19(15-25-21)22(27)28/h6-7,9-12,15,17H,8,13-14,16H2,1-5H3,(H,27,28). The smallest absolute Gasteiger partial charge is 0.410 e. The minimum atomic E-state index is -1.03. The lowest BCUT2D eigenvalue weighted by atomic mass is 10.1. The summed E-state index contributed by atoms with van der Waals surface area (Å²) in [5.41, 5.74) is 0.514. The van der Waals surface area contributed by atoms with E-state index in [0.717, 1.165) is 12.0 Å². The third kappa shape index (κ3) is 8.66. The van der Waals surface area contributed by atoms with Gasteiger partial charge in [-0.25, -0.2) is 14.6 Å². The fourth-order valence-corrected chi connectivity index (χ4v) is 2.73. The summed E-state index contributed by atoms with van der Waals surface area (Å²) < 4.78 is 11.3. The minimum absolute atomic E-state index is 0.105. The third-order valence-electron chi connectivity index (χ3n) is 4.35. The summed E-state index contributed by atoms with van der Waals surface area (Å²) in [5.74, 6) is 0.445. The number of allylic oxidation sites excluding steroid dienone is 3. The van der Waals surface area contributed by atoms with E-state index in [1.807, 2.05) is 45.1 Å². The summed E-state index contributed by atoms with van der Waals surface area (Å²) in [5, 5.41) is 8.96. The van der Waals surface area contributed by atoms with Crippen LogP contribution in [0.15, 0.2) is 54.0 Å². The molecular formula is C24H32N2O5. The van der Waals surface area contributed by atoms with Gasteiger partial charge in [0.2, 0.25) is 5.88 Å². The Labute approximate surface area is 184 Å². The molecule has 0 saturated heterocycles. The number of carbonyl (C=O) groups is 2. The maximum absolute atomic E-state index is 12.7. The van der Waals surface area contributed by atoms with Crippen LogP contribution in [0.25, 0.3) is 0 Å². The van der Waals surface area contributed by atoms with E-state index in [1.165, 1.54) is 18.3 Å². The van der Waals surface area contributed by atoms with Gasteiger partial charge >= 0.3 is 12.1 Å². The Balaban J connectivity index is 2.09. The third-order valence-corrected chi connectivity index (χ3v) is 4.35. The van der Waals surface area contributed by atoms with Crippen LogP contribution in [0.4, 0.5) is 4.79 Å². The molecule has 168 valence electrons. The van der Waals surface area contributed by atoms with E-state index in [4.69, 9.17) is 14.6 Å². The van der Waals surface area contributed by atoms with Crippen LogP contribution in [0, 0.1) is 5.92 Å². The topological polar surface area (TPSA) is 89.0 Å². The van der Waals surface area contributed by atoms with E-state index < -0.39 is 11.6 Å². The molecule has 1 aliphatic carbocycles. The summed E-state index contributed by atoms with van der Waals surface area (Å²) in [7, 11) is 0. The first-order valence-electron chi connectivity index (χ1n) is 10.4. The van der Waals surface area contributed by atoms with E-state index in [9.17, 15) is 9.59 Å². The van der Waals surface area contributed by atoms with Gasteiger partial charge in [-0.3, -0.25) is 0 Å². The Morgan fingerprint density at radius 3 is 2.55 bits per heavy atom. The van der Waals surface area contributed by atoms with E-state index in [2.05, 4.69) is 18.8 Å². The molecule has 1 heterocycles. The second-order valence-electron chi connectivity index (χ2n) is 8.86. The van der Waals surface area contributed by atoms with Crippen molar-refractivity contribution in [2.24, 2.45) is 5.92 Å². The summed E-state index contributed by atoms with van der Waals surface area (Å²) in [6.45, 7) is 10.9. The van der Waals surface area contributed by atoms with E-state index in [-0.39, 0.29) is 11.7 Å². The molecule has 31 heavy (non-hydrogen) atoms. The summed E-state index contributed by atoms with van der Waals surface area (Å²) in [4.78, 5) is 29.4. The van der Waals surface area contributed by atoms with Gasteiger partial charge in [-0.1, -0.05) is 32.1 Å². The number of aromatic carboxylic acids is 1. The van der Waals surface area contributed by atoms with Crippen molar-refractivity contribution in [3.63, 3.8) is 0 Å². The van der Waals surface area contributed by atoms with Crippen molar-refractivity contribution in [2.45, 2.75) is 53.1 Å². The SMILES string of the molecule is CC(C)CCN(CC1=CC=C(Oc2ccc(C(=O)O)cn2)CC=C1)C(=O)OC(C)(C)C. The number of carboxylic acid groups (broad SMARTS) is 1. The molecule has 1 aromatic rings. The van der Waals surface area contributed by atoms with Gasteiger partial charge in [0.05, 0.1) is 5.56 Å². The quantitative estimate of drug-likeness (QED) is 0.611. The molecule has 0 unspecified atom stereocenters. The Kier molecular flexibility index (Phi) is 8.42. The molecule has 1 amide bonds. The van der Waals surface area contributed by atoms with Gasteiger partial charge in [0.1, 0.15) is 11.4 Å². The van der Waals surface area contributed by atoms with Gasteiger partial charge in [0, 0.05) is 31.8 Å². The van der Waals surface area contributed by atoms with Gasteiger partial charge in [-0.2, -0.15) is 0 Å². The highest BCUT2D eigenvalue weighted by Crippen LogP contribution is 2.19. The van der Waals surface area contributed by atoms with Crippen molar-refractivity contribution in [3.8, 4) is 5.88 Å². The average Bonchev–Trinajstić information content (AvgIpc) is 2.89. The normalized spacial score (nSPS) is 13.9. The van der Waals surface area contributed by atoms with Crippen LogP contribution in [0.3, 0.4) is 0 Å². The molecule has 2 rings (SSSR count). The Hall–Kier alpha value is -3.09. The predicted molar refractivity (Wildman–Crippen MR) is 119 cm³/mol. The molecule has 0 aromatic carbocycles. The molecule has 1 aromatic heterocycles. The molecule has 0 radical (unpaired) electrons. The van der Waals surface area contributed by atoms with Crippen molar-refractivity contribution < 1.29 is 24.2 Å². The summed E-state index contributed by atoms with van der Waals surface area (Å²) in [6, 6.07) is 2.98. The number of rotatable bonds is 8. The lowest BCUT2D eigenvalue weighted by Crippen LogP contribution is -2.38. The van der Waals surface area contributed by atoms with Crippen molar-refractivity contribution in [1.29, 1.82) is 0 Å². The highest BCUT2D eigenvalue weighted by Gasteiger charge is 2.22. The molecule has 7 nitrogen and oxygen atoms in total. The molecular weight excluding hydrogens is 396 g/mol. The van der Waals surface area contributed by atoms with Crippen molar-refractivity contribution in [3.05, 3.63) is 59.5 Å². The number of nitrogens with zero attached hydrogens (tertiary/aromatic N) is 2. The lowest BCUT2D eigenvalue weighted by molar-refractivity contribution is 0.0261. The van der Waals surface area contributed by atoms with Gasteiger partial charge in [0.15, 0.2) is 0 Å². The van der Waals surface area contributed by atoms with Crippen molar-refractivity contribution in [2.75, 3.05) is 13.1 Å². The maximum Gasteiger partial charge on any atom is 0.410 e. The van der Waals surface area contributed by atoms with Crippen molar-refractivity contribution in [1.82, 2.24) is 9.88 Å². The zero-order valence-electron chi connectivity index (χ0n) is 18.9. The minimum Gasteiger partial charge on any atom is -0.478 e. The number of carboxylic acids is 1. The van der Waals surface area contributed by atoms with Gasteiger partial charge in [-0.05, 0) is 50.8 Å². The lowest BCUT2D eigenvalue weighted by Gasteiger charge is -2.28. The molecule has 0 saturated carbocycles. The predicted octanol–water partition coefficient (Wildman–Crippen LogP) is 5.21. The number of ether oxygens (including phenoxy) is 2. The number of amides is 1. The first-order chi connectivity index (χ1) is 14.5. The molecule has 1 aliphatic rings. The van der Waals surface area contributed by atoms with E-state index in [1.54, 1.807) is 4.90 Å². The second-order valence-corrected chi connectivity index (χ2v) is 8.86. The zero-order chi connectivity index (χ0) is 23.0. The van der Waals surface area contributed by atoms with Crippen LogP contribution in [-0.2, 0) is 4.74 Å². The van der Waals surface area contributed by atoms with E-state index in [0.29, 0.717) is 37.1 Å². The van der Waals surface area contributed by atoms with Gasteiger partial charge in [0.25, 0.3) is 0 Å². The van der Waals surface area contributed by atoms with Crippen LogP contribution in [0.2, 0.25) is 0 Å². The first-order valence-corrected chi connectivity index (χ1v) is 10.4. The van der Waals surface area contributed by atoms with Crippen molar-refractivity contribution >= 4 is 12.1 Å². The van der Waals surface area contributed by atoms with Crippen LogP contribution in [0.1, 0.15) is 57.8 Å². The fraction of sp³-hybridized carbons (Fsp3) is 0.458. The Morgan fingerprint density at radius 1 is 1.23 bits per heavy atom. The first kappa shape index (κ1) is 24.2. The highest BCUT2D eigenvalue weighted by atomic mass is 16.6. The van der Waals surface area contributed by atoms with Crippen LogP contribution in [-0.4, -0.2) is 45.7 Å². The number of hydrogen-bond donors (Lipinski definition) is 1. The second kappa shape index (κ2) is 10.8. The van der Waals surface area contributed by atoms with E-state index >= 15 is 0 Å². The van der Waals surface area contributed by atoms with Gasteiger partial charge in [-0.15, -0.1) is 0 Å². The molecule has 0 aliphatic heterocycles. The van der Waals surface area contributed by atoms with Crippen LogP contribution >= 0.6 is 0 Å². The molecule has 0 fully saturated rings. The molecule has 0 atom stereocenters. The highest BCUT2D eigenvalue weighted by molar-refractivity contribution is 5.87. The number of pyridine rings is 1. The summed E-state index contributed by atoms with van der Waals surface area (Å²) in [6.07, 6.45) is 10.1.